The van der Waals surface area contributed by atoms with Gasteiger partial charge in [0.1, 0.15) is 5.56 Å². The molecule has 0 saturated carbocycles. The average Bonchev–Trinajstić information content (AvgIpc) is 2.93. The van der Waals surface area contributed by atoms with Crippen molar-refractivity contribution in [1.29, 1.82) is 0 Å². The zero-order valence-corrected chi connectivity index (χ0v) is 13.9. The summed E-state index contributed by atoms with van der Waals surface area (Å²) in [5.41, 5.74) is 3.24. The second kappa shape index (κ2) is 6.28. The van der Waals surface area contributed by atoms with Crippen LogP contribution in [0.1, 0.15) is 41.4 Å². The van der Waals surface area contributed by atoms with Crippen LogP contribution in [0.15, 0.2) is 48.7 Å². The Morgan fingerprint density at radius 1 is 1.12 bits per heavy atom. The number of carboxylic acids is 1. The highest BCUT2D eigenvalue weighted by atomic mass is 16.4. The number of nitrogens with zero attached hydrogens (tertiary/aromatic N) is 3. The molecule has 0 aliphatic rings. The van der Waals surface area contributed by atoms with Crippen molar-refractivity contribution in [3.63, 3.8) is 0 Å². The van der Waals surface area contributed by atoms with Crippen molar-refractivity contribution in [2.24, 2.45) is 0 Å². The maximum atomic E-state index is 11.8. The van der Waals surface area contributed by atoms with Gasteiger partial charge in [-0.2, -0.15) is 5.10 Å². The first-order valence-corrected chi connectivity index (χ1v) is 7.83. The Balaban J connectivity index is 2.23. The fourth-order valence-electron chi connectivity index (χ4n) is 2.72. The molecule has 0 atom stereocenters. The van der Waals surface area contributed by atoms with Crippen molar-refractivity contribution < 1.29 is 9.90 Å². The molecule has 2 heterocycles. The molecule has 1 aromatic carbocycles. The molecule has 24 heavy (non-hydrogen) atoms. The van der Waals surface area contributed by atoms with E-state index in [-0.39, 0.29) is 5.56 Å². The summed E-state index contributed by atoms with van der Waals surface area (Å²) in [6.45, 7) is 5.95. The van der Waals surface area contributed by atoms with Gasteiger partial charge in [0.2, 0.25) is 0 Å². The van der Waals surface area contributed by atoms with Crippen molar-refractivity contribution in [3.8, 4) is 17.1 Å². The zero-order chi connectivity index (χ0) is 17.3. The SMILES string of the molecule is Cc1nn(-c2ccccn2)c(-c2ccc(C(C)C)cc2)c1C(=O)O. The zero-order valence-electron chi connectivity index (χ0n) is 13.9. The molecule has 0 aliphatic heterocycles. The second-order valence-corrected chi connectivity index (χ2v) is 5.99. The van der Waals surface area contributed by atoms with E-state index >= 15 is 0 Å². The number of carbonyl (C=O) groups is 1. The maximum absolute atomic E-state index is 11.8. The topological polar surface area (TPSA) is 68.0 Å². The second-order valence-electron chi connectivity index (χ2n) is 5.99. The van der Waals surface area contributed by atoms with Gasteiger partial charge < -0.3 is 5.11 Å². The Labute approximate surface area is 140 Å². The van der Waals surface area contributed by atoms with Crippen LogP contribution in [0.4, 0.5) is 0 Å². The van der Waals surface area contributed by atoms with Crippen molar-refractivity contribution >= 4 is 5.97 Å². The molecule has 1 N–H and O–H groups in total. The summed E-state index contributed by atoms with van der Waals surface area (Å²) in [6, 6.07) is 13.4. The first-order valence-electron chi connectivity index (χ1n) is 7.83. The van der Waals surface area contributed by atoms with E-state index < -0.39 is 5.97 Å². The lowest BCUT2D eigenvalue weighted by atomic mass is 9.99. The summed E-state index contributed by atoms with van der Waals surface area (Å²) in [5.74, 6) is 0.0223. The highest BCUT2D eigenvalue weighted by molar-refractivity contribution is 5.96. The van der Waals surface area contributed by atoms with Gasteiger partial charge in [0.25, 0.3) is 0 Å². The Morgan fingerprint density at radius 2 is 1.83 bits per heavy atom. The van der Waals surface area contributed by atoms with Crippen LogP contribution in [0.3, 0.4) is 0 Å². The van der Waals surface area contributed by atoms with Gasteiger partial charge in [0.05, 0.1) is 11.4 Å². The van der Waals surface area contributed by atoms with E-state index in [0.29, 0.717) is 23.1 Å². The molecule has 2 aromatic heterocycles. The van der Waals surface area contributed by atoms with E-state index in [1.165, 1.54) is 5.56 Å². The summed E-state index contributed by atoms with van der Waals surface area (Å²) < 4.78 is 1.60. The largest absolute Gasteiger partial charge is 0.478 e. The van der Waals surface area contributed by atoms with Crippen LogP contribution in [0.5, 0.6) is 0 Å². The van der Waals surface area contributed by atoms with E-state index in [0.717, 1.165) is 5.56 Å². The molecule has 3 rings (SSSR count). The van der Waals surface area contributed by atoms with Crippen molar-refractivity contribution in [3.05, 3.63) is 65.5 Å². The normalized spacial score (nSPS) is 11.0. The third kappa shape index (κ3) is 2.80. The summed E-state index contributed by atoms with van der Waals surface area (Å²) >= 11 is 0. The average molecular weight is 321 g/mol. The third-order valence-electron chi connectivity index (χ3n) is 3.99. The highest BCUT2D eigenvalue weighted by Gasteiger charge is 2.23. The Morgan fingerprint density at radius 3 is 2.38 bits per heavy atom. The van der Waals surface area contributed by atoms with E-state index in [1.54, 1.807) is 17.8 Å². The van der Waals surface area contributed by atoms with Gasteiger partial charge in [-0.05, 0) is 30.5 Å². The Kier molecular flexibility index (Phi) is 4.16. The Hall–Kier alpha value is -2.95. The van der Waals surface area contributed by atoms with Crippen LogP contribution in [0.25, 0.3) is 17.1 Å². The molecule has 0 spiro atoms. The smallest absolute Gasteiger partial charge is 0.339 e. The van der Waals surface area contributed by atoms with Gasteiger partial charge >= 0.3 is 5.97 Å². The van der Waals surface area contributed by atoms with Gasteiger partial charge in [-0.3, -0.25) is 0 Å². The summed E-state index contributed by atoms with van der Waals surface area (Å²) in [6.07, 6.45) is 1.67. The van der Waals surface area contributed by atoms with Crippen molar-refractivity contribution in [2.45, 2.75) is 26.7 Å². The fourth-order valence-corrected chi connectivity index (χ4v) is 2.72. The molecular formula is C19H19N3O2. The van der Waals surface area contributed by atoms with Gasteiger partial charge in [0, 0.05) is 11.8 Å². The van der Waals surface area contributed by atoms with Gasteiger partial charge in [-0.25, -0.2) is 14.5 Å². The van der Waals surface area contributed by atoms with Crippen LogP contribution in [-0.4, -0.2) is 25.8 Å². The van der Waals surface area contributed by atoms with E-state index in [4.69, 9.17) is 0 Å². The molecular weight excluding hydrogens is 302 g/mol. The number of aromatic nitrogens is 3. The predicted octanol–water partition coefficient (Wildman–Crippen LogP) is 4.06. The molecule has 0 radical (unpaired) electrons. The minimum atomic E-state index is -0.988. The lowest BCUT2D eigenvalue weighted by Crippen LogP contribution is -2.04. The Bertz CT molecular complexity index is 866. The minimum Gasteiger partial charge on any atom is -0.478 e. The summed E-state index contributed by atoms with van der Waals surface area (Å²) in [4.78, 5) is 16.1. The summed E-state index contributed by atoms with van der Waals surface area (Å²) in [5, 5.41) is 14.0. The van der Waals surface area contributed by atoms with Gasteiger partial charge in [-0.15, -0.1) is 0 Å². The number of benzene rings is 1. The molecule has 0 saturated heterocycles. The predicted molar refractivity (Wildman–Crippen MR) is 92.6 cm³/mol. The number of hydrogen-bond acceptors (Lipinski definition) is 3. The number of aryl methyl sites for hydroxylation is 1. The molecule has 5 heteroatoms. The molecule has 5 nitrogen and oxygen atoms in total. The molecule has 0 unspecified atom stereocenters. The monoisotopic (exact) mass is 321 g/mol. The number of pyridine rings is 1. The molecule has 0 amide bonds. The van der Waals surface area contributed by atoms with E-state index in [1.807, 2.05) is 42.5 Å². The van der Waals surface area contributed by atoms with Crippen LogP contribution in [0, 0.1) is 6.92 Å². The fraction of sp³-hybridized carbons (Fsp3) is 0.211. The standard InChI is InChI=1S/C19H19N3O2/c1-12(2)14-7-9-15(10-8-14)18-17(19(23)24)13(3)21-22(18)16-6-4-5-11-20-16/h4-12H,1-3H3,(H,23,24). The third-order valence-corrected chi connectivity index (χ3v) is 3.99. The van der Waals surface area contributed by atoms with Gasteiger partial charge in [0.15, 0.2) is 5.82 Å². The maximum Gasteiger partial charge on any atom is 0.339 e. The van der Waals surface area contributed by atoms with E-state index in [2.05, 4.69) is 23.9 Å². The molecule has 3 aromatic rings. The first-order chi connectivity index (χ1) is 11.5. The first kappa shape index (κ1) is 15.9. The van der Waals surface area contributed by atoms with Crippen LogP contribution < -0.4 is 0 Å². The van der Waals surface area contributed by atoms with Crippen LogP contribution >= 0.6 is 0 Å². The van der Waals surface area contributed by atoms with Crippen molar-refractivity contribution in [2.75, 3.05) is 0 Å². The lowest BCUT2D eigenvalue weighted by molar-refractivity contribution is 0.0697. The van der Waals surface area contributed by atoms with E-state index in [9.17, 15) is 9.90 Å². The van der Waals surface area contributed by atoms with Gasteiger partial charge in [-0.1, -0.05) is 44.2 Å². The number of carboxylic acid groups (broad SMARTS) is 1. The van der Waals surface area contributed by atoms with Crippen LogP contribution in [-0.2, 0) is 0 Å². The van der Waals surface area contributed by atoms with Crippen LogP contribution in [0.2, 0.25) is 0 Å². The lowest BCUT2D eigenvalue weighted by Gasteiger charge is -2.10. The summed E-state index contributed by atoms with van der Waals surface area (Å²) in [7, 11) is 0. The molecule has 0 aliphatic carbocycles. The highest BCUT2D eigenvalue weighted by Crippen LogP contribution is 2.29. The van der Waals surface area contributed by atoms with Crippen molar-refractivity contribution in [1.82, 2.24) is 14.8 Å². The number of rotatable bonds is 4. The molecule has 0 bridgehead atoms. The number of aromatic carboxylic acids is 1. The number of hydrogen-bond donors (Lipinski definition) is 1. The quantitative estimate of drug-likeness (QED) is 0.786. The minimum absolute atomic E-state index is 0.206. The molecule has 122 valence electrons. The molecule has 0 fully saturated rings.